The number of aryl methyl sites for hydroxylation is 4. The van der Waals surface area contributed by atoms with Crippen molar-refractivity contribution in [2.75, 3.05) is 0 Å². The topological polar surface area (TPSA) is 76.5 Å². The van der Waals surface area contributed by atoms with Crippen LogP contribution in [0, 0.1) is 27.7 Å². The average Bonchev–Trinajstić information content (AvgIpc) is 2.64. The zero-order chi connectivity index (χ0) is 18.7. The van der Waals surface area contributed by atoms with E-state index in [9.17, 15) is 0 Å². The van der Waals surface area contributed by atoms with Gasteiger partial charge in [-0.3, -0.25) is 15.0 Å². The minimum atomic E-state index is 0.115. The highest BCUT2D eigenvalue weighted by atomic mass is 15.0. The Balaban J connectivity index is 1.74. The summed E-state index contributed by atoms with van der Waals surface area (Å²) in [7, 11) is 0. The summed E-state index contributed by atoms with van der Waals surface area (Å²) in [6.07, 6.45) is 5.40. The first-order valence-corrected chi connectivity index (χ1v) is 8.73. The molecule has 0 spiro atoms. The van der Waals surface area contributed by atoms with Crippen LogP contribution in [0.1, 0.15) is 47.0 Å². The van der Waals surface area contributed by atoms with Gasteiger partial charge in [-0.2, -0.15) is 0 Å². The van der Waals surface area contributed by atoms with Gasteiger partial charge >= 0.3 is 0 Å². The highest BCUT2D eigenvalue weighted by Gasteiger charge is 2.13. The van der Waals surface area contributed by atoms with Crippen molar-refractivity contribution in [3.8, 4) is 11.4 Å². The molecule has 0 aliphatic rings. The summed E-state index contributed by atoms with van der Waals surface area (Å²) < 4.78 is 0. The van der Waals surface area contributed by atoms with Crippen LogP contribution in [0.2, 0.25) is 0 Å². The predicted octanol–water partition coefficient (Wildman–Crippen LogP) is 3.41. The van der Waals surface area contributed by atoms with Crippen LogP contribution < -0.4 is 5.32 Å². The Labute approximate surface area is 154 Å². The first-order chi connectivity index (χ1) is 12.5. The summed E-state index contributed by atoms with van der Waals surface area (Å²) >= 11 is 0. The molecule has 0 saturated heterocycles. The molecule has 3 aromatic rings. The third-order valence-corrected chi connectivity index (χ3v) is 4.58. The monoisotopic (exact) mass is 348 g/mol. The number of nitrogens with zero attached hydrogens (tertiary/aromatic N) is 5. The summed E-state index contributed by atoms with van der Waals surface area (Å²) in [6.45, 7) is 10.8. The van der Waals surface area contributed by atoms with Crippen LogP contribution in [0.4, 0.5) is 0 Å². The fourth-order valence-electron chi connectivity index (χ4n) is 2.83. The van der Waals surface area contributed by atoms with E-state index in [1.54, 1.807) is 12.4 Å². The standard InChI is InChI=1S/C20H24N6/c1-12-13(2)25-19(16(5)24-12)11-22-14(3)18-10-23-20(26-15(18)4)17-6-8-21-9-7-17/h6-10,14,22H,11H2,1-5H3. The van der Waals surface area contributed by atoms with Crippen LogP contribution in [0.3, 0.4) is 0 Å². The molecule has 1 atom stereocenters. The maximum atomic E-state index is 4.66. The van der Waals surface area contributed by atoms with Gasteiger partial charge in [0.1, 0.15) is 0 Å². The van der Waals surface area contributed by atoms with Crippen LogP contribution in [0.25, 0.3) is 11.4 Å². The van der Waals surface area contributed by atoms with E-state index < -0.39 is 0 Å². The number of pyridine rings is 1. The maximum absolute atomic E-state index is 4.66. The highest BCUT2D eigenvalue weighted by Crippen LogP contribution is 2.20. The summed E-state index contributed by atoms with van der Waals surface area (Å²) in [4.78, 5) is 22.4. The molecule has 3 rings (SSSR count). The SMILES string of the molecule is Cc1nc(-c2ccncc2)ncc1C(C)NCc1nc(C)c(C)nc1C. The van der Waals surface area contributed by atoms with E-state index in [-0.39, 0.29) is 6.04 Å². The molecule has 1 N–H and O–H groups in total. The van der Waals surface area contributed by atoms with Gasteiger partial charge in [-0.05, 0) is 46.8 Å². The van der Waals surface area contributed by atoms with E-state index >= 15 is 0 Å². The first kappa shape index (κ1) is 18.1. The van der Waals surface area contributed by atoms with Gasteiger partial charge in [0.25, 0.3) is 0 Å². The van der Waals surface area contributed by atoms with Crippen molar-refractivity contribution in [2.45, 2.75) is 47.2 Å². The van der Waals surface area contributed by atoms with Gasteiger partial charge in [-0.1, -0.05) is 0 Å². The van der Waals surface area contributed by atoms with E-state index in [1.807, 2.05) is 46.0 Å². The van der Waals surface area contributed by atoms with Crippen molar-refractivity contribution in [1.29, 1.82) is 0 Å². The second-order valence-corrected chi connectivity index (χ2v) is 6.50. The molecule has 0 bridgehead atoms. The molecule has 134 valence electrons. The minimum Gasteiger partial charge on any atom is -0.304 e. The molecule has 0 aliphatic heterocycles. The lowest BCUT2D eigenvalue weighted by atomic mass is 10.1. The molecule has 0 radical (unpaired) electrons. The Morgan fingerprint density at radius 2 is 1.58 bits per heavy atom. The minimum absolute atomic E-state index is 0.115. The Bertz CT molecular complexity index is 908. The van der Waals surface area contributed by atoms with Gasteiger partial charge in [-0.15, -0.1) is 0 Å². The maximum Gasteiger partial charge on any atom is 0.159 e. The smallest absolute Gasteiger partial charge is 0.159 e. The van der Waals surface area contributed by atoms with Gasteiger partial charge in [0.05, 0.1) is 22.8 Å². The van der Waals surface area contributed by atoms with Crippen LogP contribution in [-0.4, -0.2) is 24.9 Å². The molecule has 3 heterocycles. The lowest BCUT2D eigenvalue weighted by molar-refractivity contribution is 0.557. The molecular formula is C20H24N6. The fraction of sp³-hybridized carbons (Fsp3) is 0.350. The van der Waals surface area contributed by atoms with Gasteiger partial charge in [0, 0.05) is 48.0 Å². The first-order valence-electron chi connectivity index (χ1n) is 8.73. The van der Waals surface area contributed by atoms with Gasteiger partial charge in [-0.25, -0.2) is 9.97 Å². The molecule has 6 nitrogen and oxygen atoms in total. The van der Waals surface area contributed by atoms with Crippen molar-refractivity contribution >= 4 is 0 Å². The Kier molecular flexibility index (Phi) is 5.32. The Hall–Kier alpha value is -2.73. The summed E-state index contributed by atoms with van der Waals surface area (Å²) in [5.74, 6) is 0.719. The van der Waals surface area contributed by atoms with Crippen molar-refractivity contribution in [2.24, 2.45) is 0 Å². The van der Waals surface area contributed by atoms with Gasteiger partial charge in [0.15, 0.2) is 5.82 Å². The fourth-order valence-corrected chi connectivity index (χ4v) is 2.83. The molecule has 3 aromatic heterocycles. The average molecular weight is 348 g/mol. The molecule has 6 heteroatoms. The van der Waals surface area contributed by atoms with E-state index in [0.29, 0.717) is 6.54 Å². The lowest BCUT2D eigenvalue weighted by Crippen LogP contribution is -2.21. The van der Waals surface area contributed by atoms with E-state index in [0.717, 1.165) is 45.4 Å². The summed E-state index contributed by atoms with van der Waals surface area (Å²) in [5, 5.41) is 3.51. The zero-order valence-corrected chi connectivity index (χ0v) is 15.9. The second-order valence-electron chi connectivity index (χ2n) is 6.50. The van der Waals surface area contributed by atoms with Crippen LogP contribution >= 0.6 is 0 Å². The Morgan fingerprint density at radius 3 is 2.27 bits per heavy atom. The van der Waals surface area contributed by atoms with E-state index in [4.69, 9.17) is 0 Å². The zero-order valence-electron chi connectivity index (χ0n) is 15.9. The summed E-state index contributed by atoms with van der Waals surface area (Å²) in [5.41, 5.74) is 6.92. The number of hydrogen-bond donors (Lipinski definition) is 1. The molecule has 0 fully saturated rings. The molecule has 0 saturated carbocycles. The third-order valence-electron chi connectivity index (χ3n) is 4.58. The largest absolute Gasteiger partial charge is 0.304 e. The molecule has 1 unspecified atom stereocenters. The lowest BCUT2D eigenvalue weighted by Gasteiger charge is -2.17. The van der Waals surface area contributed by atoms with E-state index in [1.165, 1.54) is 0 Å². The highest BCUT2D eigenvalue weighted by molar-refractivity contribution is 5.53. The van der Waals surface area contributed by atoms with Crippen molar-refractivity contribution in [3.05, 3.63) is 64.8 Å². The summed E-state index contributed by atoms with van der Waals surface area (Å²) in [6, 6.07) is 3.94. The van der Waals surface area contributed by atoms with Gasteiger partial charge in [0.2, 0.25) is 0 Å². The van der Waals surface area contributed by atoms with Crippen molar-refractivity contribution in [1.82, 2.24) is 30.2 Å². The van der Waals surface area contributed by atoms with Crippen LogP contribution in [0.5, 0.6) is 0 Å². The number of nitrogens with one attached hydrogen (secondary N) is 1. The quantitative estimate of drug-likeness (QED) is 0.761. The molecular weight excluding hydrogens is 324 g/mol. The van der Waals surface area contributed by atoms with Gasteiger partial charge < -0.3 is 5.32 Å². The third kappa shape index (κ3) is 3.91. The number of rotatable bonds is 5. The number of hydrogen-bond acceptors (Lipinski definition) is 6. The van der Waals surface area contributed by atoms with Crippen molar-refractivity contribution < 1.29 is 0 Å². The van der Waals surface area contributed by atoms with Crippen LogP contribution in [-0.2, 0) is 6.54 Å². The van der Waals surface area contributed by atoms with E-state index in [2.05, 4.69) is 37.2 Å². The predicted molar refractivity (Wildman–Crippen MR) is 101 cm³/mol. The second kappa shape index (κ2) is 7.66. The van der Waals surface area contributed by atoms with Crippen molar-refractivity contribution in [3.63, 3.8) is 0 Å². The molecule has 0 aromatic carbocycles. The molecule has 0 amide bonds. The Morgan fingerprint density at radius 1 is 0.885 bits per heavy atom. The molecule has 26 heavy (non-hydrogen) atoms. The van der Waals surface area contributed by atoms with Crippen LogP contribution in [0.15, 0.2) is 30.7 Å². The molecule has 0 aliphatic carbocycles. The number of aromatic nitrogens is 5. The normalized spacial score (nSPS) is 12.2.